The highest BCUT2D eigenvalue weighted by molar-refractivity contribution is 8.00. The van der Waals surface area contributed by atoms with Crippen molar-refractivity contribution in [1.82, 2.24) is 103 Å². The number of imidazole rings is 1. The highest BCUT2D eigenvalue weighted by Gasteiger charge is 2.48. The van der Waals surface area contributed by atoms with E-state index < -0.39 is 215 Å². The molecule has 133 heavy (non-hydrogen) atoms. The van der Waals surface area contributed by atoms with Crippen molar-refractivity contribution in [2.75, 3.05) is 52.3 Å². The molecule has 42 heteroatoms. The molecular weight excluding hydrogens is 1730 g/mol. The lowest BCUT2D eigenvalue weighted by Crippen LogP contribution is -2.64. The number of H-pyrrole nitrogens is 3. The number of thioether (sulfide) groups is 1. The van der Waals surface area contributed by atoms with E-state index in [2.05, 4.69) is 83.7 Å². The first-order valence-corrected chi connectivity index (χ1v) is 46.0. The number of guanidine groups is 1. The Bertz CT molecular complexity index is 5180. The Morgan fingerprint density at radius 3 is 1.74 bits per heavy atom. The normalized spacial score (nSPS) is 24.7. The minimum absolute atomic E-state index is 0.00438. The molecule has 9 rings (SSSR count). The number of primary amides is 1. The summed E-state index contributed by atoms with van der Waals surface area (Å²) in [7, 11) is 4.04. The van der Waals surface area contributed by atoms with Crippen molar-refractivity contribution in [2.45, 2.75) is 241 Å². The van der Waals surface area contributed by atoms with Crippen molar-refractivity contribution in [3.8, 4) is 0 Å². The van der Waals surface area contributed by atoms with Gasteiger partial charge in [0.15, 0.2) is 5.96 Å². The minimum atomic E-state index is -1.93. The van der Waals surface area contributed by atoms with Crippen molar-refractivity contribution in [1.29, 1.82) is 5.41 Å². The first-order chi connectivity index (χ1) is 63.3. The number of benzene rings is 3. The van der Waals surface area contributed by atoms with Gasteiger partial charge < -0.3 is 121 Å². The Morgan fingerprint density at radius 1 is 0.579 bits per heavy atom. The number of aromatic amines is 3. The van der Waals surface area contributed by atoms with Crippen molar-refractivity contribution < 1.29 is 81.8 Å². The van der Waals surface area contributed by atoms with Crippen molar-refractivity contribution in [3.63, 3.8) is 0 Å². The highest BCUT2D eigenvalue weighted by Crippen LogP contribution is 2.32. The van der Waals surface area contributed by atoms with Crippen LogP contribution in [0.4, 0.5) is 0 Å². The summed E-state index contributed by atoms with van der Waals surface area (Å²) < 4.78 is 0. The number of nitrogens with two attached hydrogens (primary N) is 3. The third-order valence-corrected chi connectivity index (χ3v) is 25.0. The number of hydrogen-bond acceptors (Lipinski definition) is 21. The molecule has 16 amide bonds. The van der Waals surface area contributed by atoms with Crippen molar-refractivity contribution >= 4 is 134 Å². The van der Waals surface area contributed by atoms with Gasteiger partial charge in [-0.25, -0.2) is 4.98 Å². The maximum absolute atomic E-state index is 15.7. The zero-order valence-electron chi connectivity index (χ0n) is 76.8. The van der Waals surface area contributed by atoms with E-state index in [-0.39, 0.29) is 95.2 Å². The van der Waals surface area contributed by atoms with Crippen LogP contribution in [0.5, 0.6) is 0 Å². The molecule has 0 aliphatic carbocycles. The smallest absolute Gasteiger partial charge is 0.246 e. The molecule has 3 aliphatic rings. The molecule has 2 bridgehead atoms. The van der Waals surface area contributed by atoms with Crippen LogP contribution in [0, 0.1) is 11.3 Å². The number of aromatic nitrogens is 4. The van der Waals surface area contributed by atoms with Crippen LogP contribution in [-0.2, 0) is 102 Å². The fraction of sp³-hybridized carbons (Fsp3) is 0.516. The van der Waals surface area contributed by atoms with Crippen LogP contribution in [0.3, 0.4) is 0 Å². The van der Waals surface area contributed by atoms with Gasteiger partial charge in [0.25, 0.3) is 0 Å². The molecule has 1 unspecified atom stereocenters. The summed E-state index contributed by atoms with van der Waals surface area (Å²) in [6, 6.07) is 2.85. The highest BCUT2D eigenvalue weighted by atomic mass is 32.2. The Labute approximate surface area is 775 Å². The van der Waals surface area contributed by atoms with Crippen LogP contribution in [0.25, 0.3) is 21.8 Å². The van der Waals surface area contributed by atoms with Gasteiger partial charge in [-0.2, -0.15) is 0 Å². The second kappa shape index (κ2) is 48.7. The number of carbonyl (C=O) groups is 16. The molecule has 2 saturated heterocycles. The number of carbonyl (C=O) groups excluding carboxylic acids is 16. The van der Waals surface area contributed by atoms with E-state index in [0.29, 0.717) is 69.9 Å². The first-order valence-electron chi connectivity index (χ1n) is 44.9. The van der Waals surface area contributed by atoms with Gasteiger partial charge in [-0.15, -0.1) is 11.8 Å². The van der Waals surface area contributed by atoms with Gasteiger partial charge in [-0.1, -0.05) is 120 Å². The zero-order chi connectivity index (χ0) is 97.1. The van der Waals surface area contributed by atoms with E-state index in [1.54, 1.807) is 111 Å². The molecule has 6 aromatic rings. The molecule has 2 fully saturated rings. The molecule has 41 nitrogen and oxygen atoms in total. The van der Waals surface area contributed by atoms with E-state index in [9.17, 15) is 38.7 Å². The quantitative estimate of drug-likeness (QED) is 0.0197. The third-order valence-electron chi connectivity index (χ3n) is 24.0. The van der Waals surface area contributed by atoms with Gasteiger partial charge in [0.2, 0.25) is 94.5 Å². The van der Waals surface area contributed by atoms with E-state index in [4.69, 9.17) is 22.6 Å². The predicted molar refractivity (Wildman–Crippen MR) is 496 cm³/mol. The lowest BCUT2D eigenvalue weighted by Gasteiger charge is -2.36. The topological polar surface area (TPSA) is 613 Å². The summed E-state index contributed by atoms with van der Waals surface area (Å²) in [5.41, 5.74) is 19.2. The number of rotatable bonds is 24. The Kier molecular flexibility index (Phi) is 37.8. The summed E-state index contributed by atoms with van der Waals surface area (Å²) in [5.74, 6) is -15.5. The van der Waals surface area contributed by atoms with E-state index in [1.165, 1.54) is 64.2 Å². The number of para-hydroxylation sites is 2. The van der Waals surface area contributed by atoms with Crippen LogP contribution in [0.2, 0.25) is 0 Å². The maximum Gasteiger partial charge on any atom is 0.246 e. The predicted octanol–water partition coefficient (Wildman–Crippen LogP) is -0.962. The largest absolute Gasteiger partial charge is 0.402 e. The number of fused-ring (bicyclic) bond motifs is 3. The number of aliphatic hydroxyl groups excluding tert-OH is 1. The number of nitrogens with zero attached hydrogens (tertiary/aromatic N) is 5. The number of nitrogens with one attached hydrogen (secondary N) is 16. The fourth-order valence-corrected chi connectivity index (χ4v) is 17.3. The number of aliphatic hydroxyl groups is 1. The average molecular weight is 1860 g/mol. The van der Waals surface area contributed by atoms with Gasteiger partial charge in [0.1, 0.15) is 84.1 Å². The van der Waals surface area contributed by atoms with Crippen molar-refractivity contribution in [2.24, 2.45) is 23.1 Å². The summed E-state index contributed by atoms with van der Waals surface area (Å²) in [4.78, 5) is 255. The molecule has 0 spiro atoms. The molecule has 3 aromatic carbocycles. The van der Waals surface area contributed by atoms with Crippen LogP contribution in [0.1, 0.15) is 148 Å². The molecule has 23 N–H and O–H groups in total. The summed E-state index contributed by atoms with van der Waals surface area (Å²) in [6.07, 6.45) is 8.37. The van der Waals surface area contributed by atoms with E-state index in [1.807, 2.05) is 13.8 Å². The summed E-state index contributed by atoms with van der Waals surface area (Å²) in [5, 5.41) is 52.7. The fourth-order valence-electron chi connectivity index (χ4n) is 16.4. The minimum Gasteiger partial charge on any atom is -0.402 e. The number of hydrogen-bond donors (Lipinski definition) is 20. The third kappa shape index (κ3) is 28.6. The van der Waals surface area contributed by atoms with Crippen LogP contribution >= 0.6 is 11.8 Å². The van der Waals surface area contributed by atoms with E-state index >= 15 is 43.2 Å². The van der Waals surface area contributed by atoms with Gasteiger partial charge in [0, 0.05) is 117 Å². The Balaban J connectivity index is 1.09. The SMILES string of the molecule is CCCC[C@H]1C(=O)N(C)[C@@H](CCCC)C(=O)N[C@@H](CCCNC(=N)N)C(=O)N[C@H](C(=O)NCC(N)=O)CSCC(=O)N[C@@H](Cc2ccccc2)C(=O)N(C)[C@@H](C)C(=O)N[C@H]2CC(N)=CC3CC[C@@H](C(=O)N[C@@H](Cc4cnc[nH]4)C(=O)N[C@@H](CC(C)C)C(=O)NC(C)(C)C(=O)N[C@@H](Cc4c[nH]c5ccccc45)C(=O)N[C@@H](CO)C(=O)N[C@@H](Cc4c[nH]c5ccccc45)C(=O)N1C)N3C2=O. The van der Waals surface area contributed by atoms with Crippen LogP contribution in [0.15, 0.2) is 116 Å². The number of unbranched alkanes of at least 4 members (excludes halogenated alkanes) is 2. The number of likely N-dealkylation sites (N-methyl/N-ethyl adjacent to an activating group) is 3. The van der Waals surface area contributed by atoms with Crippen LogP contribution in [-0.4, -0.2) is 288 Å². The van der Waals surface area contributed by atoms with Crippen molar-refractivity contribution in [3.05, 3.63) is 138 Å². The monoisotopic (exact) mass is 1860 g/mol. The van der Waals surface area contributed by atoms with E-state index in [0.717, 1.165) is 21.6 Å². The molecular formula is C91H128N24O17S. The molecule has 0 saturated carbocycles. The second-order valence-corrected chi connectivity index (χ2v) is 36.0. The van der Waals surface area contributed by atoms with Gasteiger partial charge in [0.05, 0.1) is 31.3 Å². The van der Waals surface area contributed by atoms with Gasteiger partial charge in [-0.05, 0) is 107 Å². The molecule has 3 aromatic heterocycles. The first kappa shape index (κ1) is 103. The number of amides is 16. The average Bonchev–Trinajstić information content (AvgIpc) is 1.66. The standard InChI is InChI=1S/C91H128N24O17S/c1-11-13-30-71-83(126)103-62(29-22-34-97-90(94)95)78(121)109-70(77(120)100-45-74(93)117)47-133-48-75(118)102-66(36-52-23-16-15-17-24-52)85(128)112(8)51(5)76(119)106-68-40-55(92)39-57-32-33-72(115(57)87(68)130)84(127)105-65(41-56-44-96-49-101-56)80(123)104-63(35-50(3)4)82(125)111-91(6,7)89(132)110-64(37-53-42-98-60-27-20-18-25-58(53)60)79(122)108-69(46-116)81(124)107-67(38-54-43-99-61-28-21-19-26-59(54)61)86(129)114(10)73(31-14-12-2)88(131)113(71)9/h15-21,23-28,39,42-44,49-51,57,62-73,98-99,116H,11-14,22,29-38,40-41,45-48,92H2,1-10H3,(H2,93,117)(H,96,101)(H,100,120)(H,102,118)(H,103,126)(H,104,123)(H,105,127)(H,106,119)(H,107,124)(H,108,122)(H,109,121)(H,110,132)(H,111,125)(H4,94,95,97)/t51-,57?,62-,63-,64-,65-,66-,67-,68-,69-,70-,71-,72-,73-/m0/s1. The zero-order valence-corrected chi connectivity index (χ0v) is 77.6. The molecule has 3 aliphatic heterocycles. The Hall–Kier alpha value is -13.4. The second-order valence-electron chi connectivity index (χ2n) is 35.0. The molecule has 0 radical (unpaired) electrons. The lowest BCUT2D eigenvalue weighted by atomic mass is 9.97. The lowest BCUT2D eigenvalue weighted by molar-refractivity contribution is -0.149. The summed E-state index contributed by atoms with van der Waals surface area (Å²) >= 11 is 0.821. The van der Waals surface area contributed by atoms with Gasteiger partial charge in [-0.3, -0.25) is 82.1 Å². The molecule has 14 atom stereocenters. The Morgan fingerprint density at radius 2 is 1.14 bits per heavy atom. The van der Waals surface area contributed by atoms with Gasteiger partial charge >= 0.3 is 0 Å². The molecule has 6 heterocycles. The maximum atomic E-state index is 15.7. The summed E-state index contributed by atoms with van der Waals surface area (Å²) in [6.45, 7) is 9.61. The molecule has 720 valence electrons. The van der Waals surface area contributed by atoms with Crippen LogP contribution < -0.4 is 81.0 Å².